The Morgan fingerprint density at radius 2 is 2.00 bits per heavy atom. The Labute approximate surface area is 126 Å². The Balaban J connectivity index is 2.32. The molecule has 4 heteroatoms. The molecule has 1 aromatic rings. The molecule has 1 aromatic carbocycles. The third-order valence-corrected chi connectivity index (χ3v) is 3.94. The summed E-state index contributed by atoms with van der Waals surface area (Å²) in [6, 6.07) is 10.1. The number of amides is 1. The van der Waals surface area contributed by atoms with Gasteiger partial charge in [-0.25, -0.2) is 0 Å². The molecule has 1 aliphatic heterocycles. The molecular formula is C17H24N2O2. The van der Waals surface area contributed by atoms with Crippen LogP contribution in [0.1, 0.15) is 34.1 Å². The minimum Gasteiger partial charge on any atom is -0.462 e. The Hall–Kier alpha value is -1.84. The third kappa shape index (κ3) is 3.43. The molecule has 0 spiro atoms. The van der Waals surface area contributed by atoms with Crippen LogP contribution < -0.4 is 0 Å². The molecule has 1 heterocycles. The fourth-order valence-electron chi connectivity index (χ4n) is 2.31. The number of hydrogen-bond acceptors (Lipinski definition) is 3. The van der Waals surface area contributed by atoms with E-state index in [0.717, 1.165) is 12.1 Å². The molecule has 2 rings (SSSR count). The molecule has 1 amide bonds. The number of aliphatic imine (C=N–C) groups is 1. The highest BCUT2D eigenvalue weighted by Gasteiger charge is 2.39. The summed E-state index contributed by atoms with van der Waals surface area (Å²) >= 11 is 0. The lowest BCUT2D eigenvalue weighted by Gasteiger charge is -2.26. The van der Waals surface area contributed by atoms with Gasteiger partial charge in [-0.1, -0.05) is 45.9 Å². The van der Waals surface area contributed by atoms with Crippen LogP contribution in [-0.4, -0.2) is 29.5 Å². The van der Waals surface area contributed by atoms with Crippen LogP contribution in [0.3, 0.4) is 0 Å². The fraction of sp³-hybridized carbons (Fsp3) is 0.529. The van der Waals surface area contributed by atoms with E-state index in [9.17, 15) is 4.79 Å². The summed E-state index contributed by atoms with van der Waals surface area (Å²) in [7, 11) is 0. The lowest BCUT2D eigenvalue weighted by Crippen LogP contribution is -2.44. The van der Waals surface area contributed by atoms with Gasteiger partial charge in [-0.2, -0.15) is 4.99 Å². The number of rotatable bonds is 4. The van der Waals surface area contributed by atoms with Gasteiger partial charge < -0.3 is 4.74 Å². The number of hydrogen-bond donors (Lipinski definition) is 0. The molecule has 21 heavy (non-hydrogen) atoms. The maximum atomic E-state index is 12.7. The number of para-hydroxylation sites is 1. The molecule has 0 radical (unpaired) electrons. The van der Waals surface area contributed by atoms with Crippen LogP contribution in [0.2, 0.25) is 0 Å². The SMILES string of the molecule is CC[C@@H](C)C(=O)N1C(=Nc2ccccc2)OC[C@@H]1C(C)C. The monoisotopic (exact) mass is 288 g/mol. The topological polar surface area (TPSA) is 41.9 Å². The Bertz CT molecular complexity index is 511. The van der Waals surface area contributed by atoms with Crippen molar-refractivity contribution in [2.24, 2.45) is 16.8 Å². The van der Waals surface area contributed by atoms with Crippen LogP contribution in [0.25, 0.3) is 0 Å². The van der Waals surface area contributed by atoms with E-state index in [2.05, 4.69) is 18.8 Å². The van der Waals surface area contributed by atoms with Crippen LogP contribution in [0, 0.1) is 11.8 Å². The molecule has 1 aliphatic rings. The second-order valence-corrected chi connectivity index (χ2v) is 5.87. The van der Waals surface area contributed by atoms with Gasteiger partial charge in [0.05, 0.1) is 11.7 Å². The van der Waals surface area contributed by atoms with E-state index in [0.29, 0.717) is 18.5 Å². The predicted octanol–water partition coefficient (Wildman–Crippen LogP) is 3.60. The van der Waals surface area contributed by atoms with Crippen molar-refractivity contribution in [3.8, 4) is 0 Å². The van der Waals surface area contributed by atoms with Crippen LogP contribution in [-0.2, 0) is 9.53 Å². The van der Waals surface area contributed by atoms with Gasteiger partial charge in [0.1, 0.15) is 6.61 Å². The minimum absolute atomic E-state index is 0.0195. The molecule has 1 saturated heterocycles. The number of carbonyl (C=O) groups excluding carboxylic acids is 1. The number of carbonyl (C=O) groups is 1. The first-order chi connectivity index (χ1) is 10.0. The molecule has 0 saturated carbocycles. The highest BCUT2D eigenvalue weighted by atomic mass is 16.5. The summed E-state index contributed by atoms with van der Waals surface area (Å²) in [4.78, 5) is 18.9. The van der Waals surface area contributed by atoms with Crippen molar-refractivity contribution < 1.29 is 9.53 Å². The first-order valence-corrected chi connectivity index (χ1v) is 7.64. The normalized spacial score (nSPS) is 21.7. The Kier molecular flexibility index (Phi) is 4.99. The van der Waals surface area contributed by atoms with Gasteiger partial charge in [0.25, 0.3) is 6.02 Å². The van der Waals surface area contributed by atoms with Crippen molar-refractivity contribution in [2.45, 2.75) is 40.2 Å². The highest BCUT2D eigenvalue weighted by molar-refractivity contribution is 5.97. The average Bonchev–Trinajstić information content (AvgIpc) is 2.90. The molecule has 114 valence electrons. The molecule has 2 atom stereocenters. The summed E-state index contributed by atoms with van der Waals surface area (Å²) in [6.45, 7) is 8.72. The van der Waals surface area contributed by atoms with E-state index in [4.69, 9.17) is 4.74 Å². The van der Waals surface area contributed by atoms with Crippen LogP contribution in [0.5, 0.6) is 0 Å². The zero-order valence-corrected chi connectivity index (χ0v) is 13.2. The van der Waals surface area contributed by atoms with Crippen molar-refractivity contribution in [1.29, 1.82) is 0 Å². The Morgan fingerprint density at radius 3 is 2.57 bits per heavy atom. The molecule has 1 fully saturated rings. The van der Waals surface area contributed by atoms with E-state index in [-0.39, 0.29) is 17.9 Å². The van der Waals surface area contributed by atoms with Gasteiger partial charge in [0.2, 0.25) is 5.91 Å². The van der Waals surface area contributed by atoms with Gasteiger partial charge in [-0.15, -0.1) is 0 Å². The molecule has 0 aliphatic carbocycles. The van der Waals surface area contributed by atoms with E-state index < -0.39 is 0 Å². The minimum atomic E-state index is -0.0195. The maximum Gasteiger partial charge on any atom is 0.299 e. The lowest BCUT2D eigenvalue weighted by molar-refractivity contribution is -0.132. The first kappa shape index (κ1) is 15.5. The molecular weight excluding hydrogens is 264 g/mol. The van der Waals surface area contributed by atoms with Gasteiger partial charge in [-0.05, 0) is 24.5 Å². The van der Waals surface area contributed by atoms with Crippen molar-refractivity contribution >= 4 is 17.6 Å². The van der Waals surface area contributed by atoms with Crippen molar-refractivity contribution in [3.05, 3.63) is 30.3 Å². The first-order valence-electron chi connectivity index (χ1n) is 7.64. The second-order valence-electron chi connectivity index (χ2n) is 5.87. The fourth-order valence-corrected chi connectivity index (χ4v) is 2.31. The summed E-state index contributed by atoms with van der Waals surface area (Å²) in [5.74, 6) is 0.416. The third-order valence-electron chi connectivity index (χ3n) is 3.94. The van der Waals surface area contributed by atoms with Crippen LogP contribution in [0.4, 0.5) is 5.69 Å². The zero-order chi connectivity index (χ0) is 15.4. The molecule has 0 unspecified atom stereocenters. The Morgan fingerprint density at radius 1 is 1.33 bits per heavy atom. The standard InChI is InChI=1S/C17H24N2O2/c1-5-13(4)16(20)19-15(12(2)3)11-21-17(19)18-14-9-7-6-8-10-14/h6-10,12-13,15H,5,11H2,1-4H3/t13-,15-/m1/s1. The van der Waals surface area contributed by atoms with E-state index in [1.807, 2.05) is 44.2 Å². The number of benzene rings is 1. The number of nitrogens with zero attached hydrogens (tertiary/aromatic N) is 2. The highest BCUT2D eigenvalue weighted by Crippen LogP contribution is 2.25. The smallest absolute Gasteiger partial charge is 0.299 e. The largest absolute Gasteiger partial charge is 0.462 e. The second kappa shape index (κ2) is 6.74. The molecule has 0 aromatic heterocycles. The van der Waals surface area contributed by atoms with Gasteiger partial charge in [-0.3, -0.25) is 9.69 Å². The van der Waals surface area contributed by atoms with E-state index in [1.165, 1.54) is 0 Å². The van der Waals surface area contributed by atoms with Gasteiger partial charge in [0, 0.05) is 5.92 Å². The average molecular weight is 288 g/mol. The van der Waals surface area contributed by atoms with Gasteiger partial charge >= 0.3 is 0 Å². The van der Waals surface area contributed by atoms with Crippen LogP contribution in [0.15, 0.2) is 35.3 Å². The summed E-state index contributed by atoms with van der Waals surface area (Å²) in [5.41, 5.74) is 0.804. The summed E-state index contributed by atoms with van der Waals surface area (Å²) in [5, 5.41) is 0. The van der Waals surface area contributed by atoms with Crippen molar-refractivity contribution in [1.82, 2.24) is 4.90 Å². The number of ether oxygens (including phenoxy) is 1. The predicted molar refractivity (Wildman–Crippen MR) is 84.4 cm³/mol. The quantitative estimate of drug-likeness (QED) is 0.849. The van der Waals surface area contributed by atoms with Crippen molar-refractivity contribution in [2.75, 3.05) is 6.61 Å². The van der Waals surface area contributed by atoms with Crippen molar-refractivity contribution in [3.63, 3.8) is 0 Å². The summed E-state index contributed by atoms with van der Waals surface area (Å²) < 4.78 is 5.71. The zero-order valence-electron chi connectivity index (χ0n) is 13.2. The lowest BCUT2D eigenvalue weighted by atomic mass is 10.0. The van der Waals surface area contributed by atoms with E-state index in [1.54, 1.807) is 4.90 Å². The van der Waals surface area contributed by atoms with E-state index >= 15 is 0 Å². The van der Waals surface area contributed by atoms with Crippen LogP contribution >= 0.6 is 0 Å². The summed E-state index contributed by atoms with van der Waals surface area (Å²) in [6.07, 6.45) is 0.818. The maximum absolute atomic E-state index is 12.7. The molecule has 0 N–H and O–H groups in total. The number of amidine groups is 1. The molecule has 4 nitrogen and oxygen atoms in total. The molecule has 0 bridgehead atoms. The van der Waals surface area contributed by atoms with Gasteiger partial charge in [0.15, 0.2) is 0 Å².